The van der Waals surface area contributed by atoms with E-state index in [1.54, 1.807) is 0 Å². The van der Waals surface area contributed by atoms with Crippen molar-refractivity contribution in [2.24, 2.45) is 5.92 Å². The summed E-state index contributed by atoms with van der Waals surface area (Å²) < 4.78 is 5.44. The Labute approximate surface area is 177 Å². The third kappa shape index (κ3) is 6.02. The lowest BCUT2D eigenvalue weighted by Gasteiger charge is -2.18. The van der Waals surface area contributed by atoms with E-state index < -0.39 is 0 Å². The number of halogens is 1. The third-order valence-electron chi connectivity index (χ3n) is 4.89. The number of amides is 1. The van der Waals surface area contributed by atoms with E-state index in [4.69, 9.17) is 4.52 Å². The number of rotatable bonds is 8. The quantitative estimate of drug-likeness (QED) is 0.583. The molecule has 29 heavy (non-hydrogen) atoms. The highest BCUT2D eigenvalue weighted by Gasteiger charge is 2.25. The molecule has 0 bridgehead atoms. The Hall–Kier alpha value is -2.44. The Kier molecular flexibility index (Phi) is 8.17. The van der Waals surface area contributed by atoms with Crippen molar-refractivity contribution in [3.05, 3.63) is 59.7 Å². The first-order valence-electron chi connectivity index (χ1n) is 9.73. The van der Waals surface area contributed by atoms with Crippen LogP contribution in [0.5, 0.6) is 0 Å². The van der Waals surface area contributed by atoms with Crippen LogP contribution in [0.1, 0.15) is 44.1 Å². The summed E-state index contributed by atoms with van der Waals surface area (Å²) in [7, 11) is 1.90. The zero-order chi connectivity index (χ0) is 20.1. The summed E-state index contributed by atoms with van der Waals surface area (Å²) in [6, 6.07) is 14.2. The lowest BCUT2D eigenvalue weighted by Crippen LogP contribution is -2.33. The van der Waals surface area contributed by atoms with Gasteiger partial charge in [-0.3, -0.25) is 4.79 Å². The fourth-order valence-corrected chi connectivity index (χ4v) is 3.12. The van der Waals surface area contributed by atoms with Crippen LogP contribution < -0.4 is 10.6 Å². The summed E-state index contributed by atoms with van der Waals surface area (Å²) in [6.45, 7) is 6.11. The van der Waals surface area contributed by atoms with Gasteiger partial charge in [-0.25, -0.2) is 0 Å². The Bertz CT molecular complexity index is 941. The summed E-state index contributed by atoms with van der Waals surface area (Å²) in [6.07, 6.45) is 0.988. The number of nitrogens with zero attached hydrogens (tertiary/aromatic N) is 2. The topological polar surface area (TPSA) is 80.0 Å². The molecule has 0 aliphatic rings. The van der Waals surface area contributed by atoms with E-state index in [2.05, 4.69) is 45.9 Å². The number of benzene rings is 2. The van der Waals surface area contributed by atoms with Gasteiger partial charge in [0.2, 0.25) is 11.8 Å². The predicted octanol–water partition coefficient (Wildman–Crippen LogP) is 3.85. The molecule has 7 heteroatoms. The average Bonchev–Trinajstić information content (AvgIpc) is 3.13. The molecular weight excluding hydrogens is 388 g/mol. The molecule has 0 aliphatic heterocycles. The molecule has 0 saturated carbocycles. The molecule has 3 rings (SSSR count). The van der Waals surface area contributed by atoms with Gasteiger partial charge in [0.15, 0.2) is 5.82 Å². The number of likely N-dealkylation sites (N-methyl/N-ethyl adjacent to an activating group) is 1. The van der Waals surface area contributed by atoms with Crippen LogP contribution in [-0.4, -0.2) is 29.1 Å². The van der Waals surface area contributed by atoms with Gasteiger partial charge in [-0.05, 0) is 36.2 Å². The van der Waals surface area contributed by atoms with Crippen molar-refractivity contribution in [1.29, 1.82) is 0 Å². The van der Waals surface area contributed by atoms with Crippen LogP contribution in [0.25, 0.3) is 10.8 Å². The smallest absolute Gasteiger partial charge is 0.249 e. The molecule has 1 amide bonds. The highest BCUT2D eigenvalue weighted by Crippen LogP contribution is 2.21. The van der Waals surface area contributed by atoms with Gasteiger partial charge in [0.1, 0.15) is 6.04 Å². The molecule has 0 radical (unpaired) electrons. The summed E-state index contributed by atoms with van der Waals surface area (Å²) in [4.78, 5) is 17.1. The van der Waals surface area contributed by atoms with E-state index >= 15 is 0 Å². The minimum absolute atomic E-state index is 0. The van der Waals surface area contributed by atoms with E-state index in [1.807, 2.05) is 45.2 Å². The van der Waals surface area contributed by atoms with E-state index in [-0.39, 0.29) is 36.3 Å². The Balaban J connectivity index is 0.00000300. The molecule has 3 aromatic rings. The molecule has 2 atom stereocenters. The SMILES string of the molecule is CNC(C)Cc1noc(C(NC(=O)Cc2ccc3ccccc3c2)C(C)C)n1.Cl. The zero-order valence-electron chi connectivity index (χ0n) is 17.3. The zero-order valence-corrected chi connectivity index (χ0v) is 18.1. The van der Waals surface area contributed by atoms with E-state index in [9.17, 15) is 4.79 Å². The predicted molar refractivity (Wildman–Crippen MR) is 117 cm³/mol. The molecule has 0 saturated heterocycles. The number of carbonyl (C=O) groups excluding carboxylic acids is 1. The second-order valence-electron chi connectivity index (χ2n) is 7.59. The normalized spacial score (nSPS) is 13.1. The van der Waals surface area contributed by atoms with Gasteiger partial charge in [-0.2, -0.15) is 4.98 Å². The third-order valence-corrected chi connectivity index (χ3v) is 4.89. The van der Waals surface area contributed by atoms with Crippen molar-refractivity contribution in [2.75, 3.05) is 7.05 Å². The first-order valence-corrected chi connectivity index (χ1v) is 9.73. The molecule has 6 nitrogen and oxygen atoms in total. The monoisotopic (exact) mass is 416 g/mol. The van der Waals surface area contributed by atoms with Crippen molar-refractivity contribution >= 4 is 29.1 Å². The van der Waals surface area contributed by atoms with Crippen LogP contribution in [-0.2, 0) is 17.6 Å². The fourth-order valence-electron chi connectivity index (χ4n) is 3.12. The average molecular weight is 417 g/mol. The summed E-state index contributed by atoms with van der Waals surface area (Å²) in [5, 5.41) is 12.6. The van der Waals surface area contributed by atoms with Crippen LogP contribution in [0.4, 0.5) is 0 Å². The number of hydrogen-bond donors (Lipinski definition) is 2. The Morgan fingerprint density at radius 1 is 1.10 bits per heavy atom. The second kappa shape index (κ2) is 10.4. The number of aromatic nitrogens is 2. The van der Waals surface area contributed by atoms with Gasteiger partial charge in [0, 0.05) is 12.5 Å². The van der Waals surface area contributed by atoms with Crippen molar-refractivity contribution < 1.29 is 9.32 Å². The van der Waals surface area contributed by atoms with Crippen LogP contribution in [0, 0.1) is 5.92 Å². The van der Waals surface area contributed by atoms with Gasteiger partial charge >= 0.3 is 0 Å². The minimum atomic E-state index is -0.306. The summed E-state index contributed by atoms with van der Waals surface area (Å²) in [5.74, 6) is 1.18. The molecule has 0 aliphatic carbocycles. The van der Waals surface area contributed by atoms with E-state index in [0.29, 0.717) is 24.6 Å². The molecular formula is C22H29ClN4O2. The Morgan fingerprint density at radius 2 is 1.83 bits per heavy atom. The lowest BCUT2D eigenvalue weighted by atomic mass is 10.0. The summed E-state index contributed by atoms with van der Waals surface area (Å²) in [5.41, 5.74) is 0.979. The van der Waals surface area contributed by atoms with Crippen molar-refractivity contribution in [3.8, 4) is 0 Å². The highest BCUT2D eigenvalue weighted by molar-refractivity contribution is 5.86. The standard InChI is InChI=1S/C22H28N4O2.ClH/c1-14(2)21(22-24-19(26-28-22)11-15(3)23-4)25-20(27)13-16-9-10-17-7-5-6-8-18(17)12-16;/h5-10,12,14-15,21,23H,11,13H2,1-4H3,(H,25,27);1H. The van der Waals surface area contributed by atoms with Gasteiger partial charge in [0.25, 0.3) is 0 Å². The lowest BCUT2D eigenvalue weighted by molar-refractivity contribution is -0.121. The van der Waals surface area contributed by atoms with Crippen LogP contribution in [0.3, 0.4) is 0 Å². The number of nitrogens with one attached hydrogen (secondary N) is 2. The molecule has 2 aromatic carbocycles. The first-order chi connectivity index (χ1) is 13.5. The first kappa shape index (κ1) is 22.8. The molecule has 2 unspecified atom stereocenters. The van der Waals surface area contributed by atoms with Crippen molar-refractivity contribution in [1.82, 2.24) is 20.8 Å². The minimum Gasteiger partial charge on any atom is -0.344 e. The van der Waals surface area contributed by atoms with Crippen molar-refractivity contribution in [3.63, 3.8) is 0 Å². The van der Waals surface area contributed by atoms with Gasteiger partial charge in [0.05, 0.1) is 6.42 Å². The molecule has 0 spiro atoms. The molecule has 0 fully saturated rings. The number of fused-ring (bicyclic) bond motifs is 1. The Morgan fingerprint density at radius 3 is 2.52 bits per heavy atom. The van der Waals surface area contributed by atoms with Gasteiger partial charge in [-0.1, -0.05) is 61.5 Å². The second-order valence-corrected chi connectivity index (χ2v) is 7.59. The summed E-state index contributed by atoms with van der Waals surface area (Å²) >= 11 is 0. The van der Waals surface area contributed by atoms with Crippen LogP contribution in [0.15, 0.2) is 47.0 Å². The molecule has 1 aromatic heterocycles. The highest BCUT2D eigenvalue weighted by atomic mass is 35.5. The maximum absolute atomic E-state index is 12.7. The van der Waals surface area contributed by atoms with E-state index in [0.717, 1.165) is 10.9 Å². The maximum atomic E-state index is 12.7. The van der Waals surface area contributed by atoms with Gasteiger partial charge in [-0.15, -0.1) is 12.4 Å². The fraction of sp³-hybridized carbons (Fsp3) is 0.409. The number of carbonyl (C=O) groups is 1. The van der Waals surface area contributed by atoms with Crippen LogP contribution in [0.2, 0.25) is 0 Å². The molecule has 1 heterocycles. The maximum Gasteiger partial charge on any atom is 0.249 e. The van der Waals surface area contributed by atoms with Crippen molar-refractivity contribution in [2.45, 2.75) is 45.7 Å². The largest absolute Gasteiger partial charge is 0.344 e. The molecule has 2 N–H and O–H groups in total. The molecule has 156 valence electrons. The number of hydrogen-bond acceptors (Lipinski definition) is 5. The van der Waals surface area contributed by atoms with Gasteiger partial charge < -0.3 is 15.2 Å². The van der Waals surface area contributed by atoms with E-state index in [1.165, 1.54) is 5.39 Å². The van der Waals surface area contributed by atoms with Crippen LogP contribution >= 0.6 is 12.4 Å².